The van der Waals surface area contributed by atoms with Crippen molar-refractivity contribution in [3.8, 4) is 0 Å². The van der Waals surface area contributed by atoms with E-state index in [4.69, 9.17) is 4.74 Å². The quantitative estimate of drug-likeness (QED) is 0.554. The van der Waals surface area contributed by atoms with Crippen molar-refractivity contribution >= 4 is 12.0 Å². The standard InChI is InChI=1S/C17H25NO2/c1-3-4-13-20-14-5-12-18-17(19)11-10-16-8-6-15(2)7-9-16/h6-11H,3-5,12-14H2,1-2H3,(H,18,19)/b11-10+. The molecule has 1 amide bonds. The van der Waals surface area contributed by atoms with Crippen LogP contribution in [0.15, 0.2) is 30.3 Å². The van der Waals surface area contributed by atoms with Crippen molar-refractivity contribution in [3.05, 3.63) is 41.5 Å². The lowest BCUT2D eigenvalue weighted by atomic mass is 10.1. The molecule has 0 heterocycles. The van der Waals surface area contributed by atoms with Crippen molar-refractivity contribution in [2.75, 3.05) is 19.8 Å². The number of amides is 1. The average Bonchev–Trinajstić information content (AvgIpc) is 2.46. The summed E-state index contributed by atoms with van der Waals surface area (Å²) >= 11 is 0. The van der Waals surface area contributed by atoms with E-state index in [1.807, 2.05) is 37.3 Å². The van der Waals surface area contributed by atoms with Gasteiger partial charge in [0.05, 0.1) is 0 Å². The van der Waals surface area contributed by atoms with Crippen LogP contribution < -0.4 is 5.32 Å². The number of unbranched alkanes of at least 4 members (excludes halogenated alkanes) is 1. The molecule has 0 saturated heterocycles. The number of carbonyl (C=O) groups excluding carboxylic acids is 1. The van der Waals surface area contributed by atoms with Crippen LogP contribution in [0.1, 0.15) is 37.3 Å². The summed E-state index contributed by atoms with van der Waals surface area (Å²) in [5, 5.41) is 2.85. The number of benzene rings is 1. The minimum absolute atomic E-state index is 0.0564. The molecule has 0 atom stereocenters. The van der Waals surface area contributed by atoms with E-state index in [0.29, 0.717) is 13.2 Å². The number of hydrogen-bond acceptors (Lipinski definition) is 2. The number of nitrogens with one attached hydrogen (secondary N) is 1. The van der Waals surface area contributed by atoms with Crippen molar-refractivity contribution in [3.63, 3.8) is 0 Å². The van der Waals surface area contributed by atoms with Crippen LogP contribution in [0.3, 0.4) is 0 Å². The van der Waals surface area contributed by atoms with Crippen LogP contribution in [0.25, 0.3) is 6.08 Å². The molecule has 1 aromatic carbocycles. The molecule has 0 radical (unpaired) electrons. The predicted molar refractivity (Wildman–Crippen MR) is 83.6 cm³/mol. The summed E-state index contributed by atoms with van der Waals surface area (Å²) in [4.78, 5) is 11.6. The van der Waals surface area contributed by atoms with Gasteiger partial charge in [-0.25, -0.2) is 0 Å². The molecule has 1 N–H and O–H groups in total. The van der Waals surface area contributed by atoms with E-state index in [1.165, 1.54) is 5.56 Å². The molecule has 3 heteroatoms. The van der Waals surface area contributed by atoms with Gasteiger partial charge in [-0.1, -0.05) is 43.2 Å². The van der Waals surface area contributed by atoms with Crippen molar-refractivity contribution in [1.82, 2.24) is 5.32 Å². The maximum atomic E-state index is 11.6. The smallest absolute Gasteiger partial charge is 0.244 e. The number of carbonyl (C=O) groups is 1. The van der Waals surface area contributed by atoms with E-state index in [-0.39, 0.29) is 5.91 Å². The summed E-state index contributed by atoms with van der Waals surface area (Å²) < 4.78 is 5.43. The van der Waals surface area contributed by atoms with E-state index < -0.39 is 0 Å². The minimum atomic E-state index is -0.0564. The molecule has 0 saturated carbocycles. The zero-order chi connectivity index (χ0) is 14.6. The second kappa shape index (κ2) is 10.2. The third-order valence-electron chi connectivity index (χ3n) is 2.91. The first-order chi connectivity index (χ1) is 9.72. The van der Waals surface area contributed by atoms with Gasteiger partial charge in [-0.05, 0) is 31.4 Å². The molecule has 110 valence electrons. The molecule has 1 rings (SSSR count). The Morgan fingerprint density at radius 1 is 1.20 bits per heavy atom. The van der Waals surface area contributed by atoms with Crippen LogP contribution in [0.5, 0.6) is 0 Å². The zero-order valence-electron chi connectivity index (χ0n) is 12.5. The molecule has 3 nitrogen and oxygen atoms in total. The Morgan fingerprint density at radius 3 is 2.60 bits per heavy atom. The van der Waals surface area contributed by atoms with E-state index in [2.05, 4.69) is 12.2 Å². The third kappa shape index (κ3) is 7.74. The zero-order valence-corrected chi connectivity index (χ0v) is 12.5. The minimum Gasteiger partial charge on any atom is -0.381 e. The number of aryl methyl sites for hydroxylation is 1. The highest BCUT2D eigenvalue weighted by Gasteiger charge is 1.95. The molecule has 0 unspecified atom stereocenters. The number of ether oxygens (including phenoxy) is 1. The molecule has 0 aromatic heterocycles. The lowest BCUT2D eigenvalue weighted by Crippen LogP contribution is -2.23. The van der Waals surface area contributed by atoms with Gasteiger partial charge in [0.15, 0.2) is 0 Å². The number of hydrogen-bond donors (Lipinski definition) is 1. The fourth-order valence-electron chi connectivity index (χ4n) is 1.64. The lowest BCUT2D eigenvalue weighted by Gasteiger charge is -2.04. The summed E-state index contributed by atoms with van der Waals surface area (Å²) in [5.41, 5.74) is 2.25. The lowest BCUT2D eigenvalue weighted by molar-refractivity contribution is -0.116. The molecular weight excluding hydrogens is 250 g/mol. The van der Waals surface area contributed by atoms with E-state index in [1.54, 1.807) is 6.08 Å². The molecule has 1 aromatic rings. The van der Waals surface area contributed by atoms with E-state index in [9.17, 15) is 4.79 Å². The van der Waals surface area contributed by atoms with Crippen LogP contribution in [0.4, 0.5) is 0 Å². The van der Waals surface area contributed by atoms with Crippen LogP contribution >= 0.6 is 0 Å². The van der Waals surface area contributed by atoms with Gasteiger partial charge in [-0.3, -0.25) is 4.79 Å². The van der Waals surface area contributed by atoms with E-state index in [0.717, 1.165) is 31.4 Å². The topological polar surface area (TPSA) is 38.3 Å². The van der Waals surface area contributed by atoms with Crippen LogP contribution in [-0.2, 0) is 9.53 Å². The Kier molecular flexibility index (Phi) is 8.40. The maximum absolute atomic E-state index is 11.6. The Morgan fingerprint density at radius 2 is 1.90 bits per heavy atom. The second-order valence-corrected chi connectivity index (χ2v) is 4.85. The average molecular weight is 275 g/mol. The Labute approximate surface area is 122 Å². The first-order valence-corrected chi connectivity index (χ1v) is 7.32. The maximum Gasteiger partial charge on any atom is 0.244 e. The molecule has 20 heavy (non-hydrogen) atoms. The molecule has 0 bridgehead atoms. The highest BCUT2D eigenvalue weighted by Crippen LogP contribution is 2.04. The van der Waals surface area contributed by atoms with Gasteiger partial charge < -0.3 is 10.1 Å². The summed E-state index contributed by atoms with van der Waals surface area (Å²) in [6.45, 7) is 6.37. The van der Waals surface area contributed by atoms with Gasteiger partial charge in [0.1, 0.15) is 0 Å². The van der Waals surface area contributed by atoms with Crippen molar-refractivity contribution in [2.45, 2.75) is 33.1 Å². The van der Waals surface area contributed by atoms with Crippen LogP contribution in [-0.4, -0.2) is 25.7 Å². The molecule has 0 aliphatic carbocycles. The molecule has 0 aliphatic heterocycles. The fourth-order valence-corrected chi connectivity index (χ4v) is 1.64. The van der Waals surface area contributed by atoms with E-state index >= 15 is 0 Å². The summed E-state index contributed by atoms with van der Waals surface area (Å²) in [6, 6.07) is 8.07. The van der Waals surface area contributed by atoms with Crippen LogP contribution in [0, 0.1) is 6.92 Å². The SMILES string of the molecule is CCCCOCCCNC(=O)/C=C/c1ccc(C)cc1. The molecule has 0 aliphatic rings. The van der Waals surface area contributed by atoms with Gasteiger partial charge in [0, 0.05) is 25.8 Å². The fraction of sp³-hybridized carbons (Fsp3) is 0.471. The highest BCUT2D eigenvalue weighted by molar-refractivity contribution is 5.91. The first kappa shape index (κ1) is 16.4. The normalized spacial score (nSPS) is 10.9. The first-order valence-electron chi connectivity index (χ1n) is 7.32. The predicted octanol–water partition coefficient (Wildman–Crippen LogP) is 3.33. The van der Waals surface area contributed by atoms with Gasteiger partial charge in [0.25, 0.3) is 0 Å². The van der Waals surface area contributed by atoms with Gasteiger partial charge in [-0.2, -0.15) is 0 Å². The van der Waals surface area contributed by atoms with Gasteiger partial charge >= 0.3 is 0 Å². The number of rotatable bonds is 9. The Bertz CT molecular complexity index is 410. The molecule has 0 fully saturated rings. The third-order valence-corrected chi connectivity index (χ3v) is 2.91. The summed E-state index contributed by atoms with van der Waals surface area (Å²) in [6.07, 6.45) is 6.51. The Hall–Kier alpha value is -1.61. The summed E-state index contributed by atoms with van der Waals surface area (Å²) in [5.74, 6) is -0.0564. The van der Waals surface area contributed by atoms with Gasteiger partial charge in [-0.15, -0.1) is 0 Å². The second-order valence-electron chi connectivity index (χ2n) is 4.85. The summed E-state index contributed by atoms with van der Waals surface area (Å²) in [7, 11) is 0. The monoisotopic (exact) mass is 275 g/mol. The Balaban J connectivity index is 2.12. The molecule has 0 spiro atoms. The largest absolute Gasteiger partial charge is 0.381 e. The van der Waals surface area contributed by atoms with Crippen molar-refractivity contribution in [1.29, 1.82) is 0 Å². The highest BCUT2D eigenvalue weighted by atomic mass is 16.5. The van der Waals surface area contributed by atoms with Crippen LogP contribution in [0.2, 0.25) is 0 Å². The molecular formula is C17H25NO2. The van der Waals surface area contributed by atoms with Gasteiger partial charge in [0.2, 0.25) is 5.91 Å². The van der Waals surface area contributed by atoms with Crippen molar-refractivity contribution in [2.24, 2.45) is 0 Å². The van der Waals surface area contributed by atoms with Crippen molar-refractivity contribution < 1.29 is 9.53 Å².